The van der Waals surface area contributed by atoms with Gasteiger partial charge in [-0.05, 0) is 78.9 Å². The summed E-state index contributed by atoms with van der Waals surface area (Å²) in [5.74, 6) is -1.09. The molecule has 3 aromatic rings. The first-order valence-electron chi connectivity index (χ1n) is 12.0. The van der Waals surface area contributed by atoms with Gasteiger partial charge >= 0.3 is 6.03 Å². The molecule has 1 aliphatic carbocycles. The van der Waals surface area contributed by atoms with Crippen LogP contribution in [-0.4, -0.2) is 29.4 Å². The van der Waals surface area contributed by atoms with Crippen molar-refractivity contribution in [1.29, 1.82) is 5.26 Å². The second-order valence-corrected chi connectivity index (χ2v) is 9.94. The summed E-state index contributed by atoms with van der Waals surface area (Å²) >= 11 is 5.90. The Bertz CT molecular complexity index is 1410. The van der Waals surface area contributed by atoms with E-state index in [9.17, 15) is 19.2 Å². The van der Waals surface area contributed by atoms with E-state index >= 15 is 0 Å². The maximum atomic E-state index is 14.7. The molecule has 2 aliphatic rings. The number of carbonyl (C=O) groups excluding carboxylic acids is 2. The van der Waals surface area contributed by atoms with Crippen LogP contribution < -0.4 is 16.4 Å². The van der Waals surface area contributed by atoms with Crippen LogP contribution in [0.4, 0.5) is 20.6 Å². The van der Waals surface area contributed by atoms with Gasteiger partial charge in [0.1, 0.15) is 11.9 Å². The molecule has 4 N–H and O–H groups in total. The Morgan fingerprint density at radius 3 is 2.65 bits per heavy atom. The third kappa shape index (κ3) is 5.01. The zero-order valence-electron chi connectivity index (χ0n) is 19.9. The van der Waals surface area contributed by atoms with Crippen molar-refractivity contribution in [2.24, 2.45) is 5.73 Å². The highest BCUT2D eigenvalue weighted by molar-refractivity contribution is 6.30. The number of anilines is 2. The second-order valence-electron chi connectivity index (χ2n) is 9.51. The van der Waals surface area contributed by atoms with E-state index in [1.54, 1.807) is 54.6 Å². The Morgan fingerprint density at radius 1 is 1.11 bits per heavy atom. The van der Waals surface area contributed by atoms with Crippen LogP contribution in [-0.2, 0) is 10.3 Å². The number of urea groups is 1. The van der Waals surface area contributed by atoms with Gasteiger partial charge < -0.3 is 21.3 Å². The first kappa shape index (κ1) is 24.8. The van der Waals surface area contributed by atoms with Crippen molar-refractivity contribution in [3.8, 4) is 6.07 Å². The predicted molar refractivity (Wildman–Crippen MR) is 140 cm³/mol. The average Bonchev–Trinajstić information content (AvgIpc) is 3.35. The lowest BCUT2D eigenvalue weighted by Crippen LogP contribution is -2.45. The zero-order valence-corrected chi connectivity index (χ0v) is 20.6. The quantitative estimate of drug-likeness (QED) is 0.425. The minimum absolute atomic E-state index is 0.0486. The Kier molecular flexibility index (Phi) is 6.59. The van der Waals surface area contributed by atoms with Gasteiger partial charge in [0, 0.05) is 28.7 Å². The lowest BCUT2D eigenvalue weighted by Gasteiger charge is -2.24. The van der Waals surface area contributed by atoms with Crippen molar-refractivity contribution in [1.82, 2.24) is 4.90 Å². The van der Waals surface area contributed by atoms with Crippen LogP contribution in [0, 0.1) is 17.1 Å². The topological polar surface area (TPSA) is 111 Å². The fourth-order valence-electron chi connectivity index (χ4n) is 4.97. The zero-order chi connectivity index (χ0) is 26.2. The fourth-order valence-corrected chi connectivity index (χ4v) is 5.10. The number of halogens is 2. The molecular formula is C28H25ClFN5O2. The van der Waals surface area contributed by atoms with E-state index in [0.717, 1.165) is 11.1 Å². The number of carbonyl (C=O) groups is 2. The van der Waals surface area contributed by atoms with Gasteiger partial charge in [0.05, 0.1) is 17.3 Å². The minimum atomic E-state index is -0.724. The molecule has 7 nitrogen and oxygen atoms in total. The highest BCUT2D eigenvalue weighted by atomic mass is 35.5. The molecule has 3 aromatic carbocycles. The molecule has 1 saturated carbocycles. The van der Waals surface area contributed by atoms with Crippen LogP contribution in [0.25, 0.3) is 0 Å². The lowest BCUT2D eigenvalue weighted by atomic mass is 9.97. The van der Waals surface area contributed by atoms with Crippen LogP contribution >= 0.6 is 11.6 Å². The van der Waals surface area contributed by atoms with E-state index in [-0.39, 0.29) is 11.6 Å². The number of nitrogens with two attached hydrogens (primary N) is 1. The van der Waals surface area contributed by atoms with Crippen LogP contribution in [0.15, 0.2) is 66.7 Å². The number of hydrogen-bond acceptors (Lipinski definition) is 4. The molecule has 0 aromatic heterocycles. The molecule has 188 valence electrons. The Balaban J connectivity index is 1.29. The molecular weight excluding hydrogens is 493 g/mol. The van der Waals surface area contributed by atoms with Crippen LogP contribution in [0.3, 0.4) is 0 Å². The minimum Gasteiger partial charge on any atom is -0.322 e. The molecule has 3 amide bonds. The van der Waals surface area contributed by atoms with E-state index < -0.39 is 29.3 Å². The number of likely N-dealkylation sites (tertiary alicyclic amines) is 1. The normalized spacial score (nSPS) is 22.3. The number of benzene rings is 3. The van der Waals surface area contributed by atoms with Crippen molar-refractivity contribution in [2.45, 2.75) is 36.8 Å². The molecule has 0 bridgehead atoms. The van der Waals surface area contributed by atoms with Gasteiger partial charge in [-0.3, -0.25) is 4.79 Å². The van der Waals surface area contributed by atoms with Crippen molar-refractivity contribution >= 4 is 34.9 Å². The first-order valence-corrected chi connectivity index (χ1v) is 12.4. The molecule has 2 unspecified atom stereocenters. The number of nitriles is 1. The van der Waals surface area contributed by atoms with Crippen LogP contribution in [0.5, 0.6) is 0 Å². The Morgan fingerprint density at radius 2 is 1.89 bits per heavy atom. The SMILES string of the molecule is N#Cc1cccc(C2(N)CC2c2ccc(F)c(NC(=O)[C@H]3CCCN3C(=O)Nc3ccc(Cl)cc3)c2)c1. The van der Waals surface area contributed by atoms with Crippen molar-refractivity contribution in [2.75, 3.05) is 17.2 Å². The Hall–Kier alpha value is -3.93. The van der Waals surface area contributed by atoms with Crippen molar-refractivity contribution < 1.29 is 14.0 Å². The summed E-state index contributed by atoms with van der Waals surface area (Å²) in [5.41, 5.74) is 8.76. The number of rotatable bonds is 5. The van der Waals surface area contributed by atoms with Gasteiger partial charge in [0.25, 0.3) is 0 Å². The van der Waals surface area contributed by atoms with Gasteiger partial charge in [-0.1, -0.05) is 29.8 Å². The molecule has 3 atom stereocenters. The van der Waals surface area contributed by atoms with Gasteiger partial charge in [0.2, 0.25) is 5.91 Å². The monoisotopic (exact) mass is 517 g/mol. The molecule has 1 aliphatic heterocycles. The summed E-state index contributed by atoms with van der Waals surface area (Å²) in [5, 5.41) is 15.2. The smallest absolute Gasteiger partial charge is 0.322 e. The number of amides is 3. The van der Waals surface area contributed by atoms with E-state index in [0.29, 0.717) is 42.1 Å². The van der Waals surface area contributed by atoms with Gasteiger partial charge in [-0.25, -0.2) is 9.18 Å². The summed E-state index contributed by atoms with van der Waals surface area (Å²) in [6.45, 7) is 0.416. The molecule has 5 rings (SSSR count). The summed E-state index contributed by atoms with van der Waals surface area (Å²) in [6.07, 6.45) is 1.78. The predicted octanol–water partition coefficient (Wildman–Crippen LogP) is 5.33. The third-order valence-electron chi connectivity index (χ3n) is 7.10. The second kappa shape index (κ2) is 9.85. The number of hydrogen-bond donors (Lipinski definition) is 3. The number of nitrogens with zero attached hydrogens (tertiary/aromatic N) is 2. The largest absolute Gasteiger partial charge is 0.322 e. The van der Waals surface area contributed by atoms with Crippen LogP contribution in [0.1, 0.15) is 41.9 Å². The number of nitrogens with one attached hydrogen (secondary N) is 2. The maximum absolute atomic E-state index is 14.7. The van der Waals surface area contributed by atoms with E-state index in [2.05, 4.69) is 16.7 Å². The van der Waals surface area contributed by atoms with E-state index in [1.807, 2.05) is 6.07 Å². The van der Waals surface area contributed by atoms with Crippen molar-refractivity contribution in [3.05, 3.63) is 94.3 Å². The average molecular weight is 518 g/mol. The summed E-state index contributed by atoms with van der Waals surface area (Å²) < 4.78 is 14.7. The first-order chi connectivity index (χ1) is 17.8. The van der Waals surface area contributed by atoms with Gasteiger partial charge in [-0.15, -0.1) is 0 Å². The molecule has 0 spiro atoms. The standard InChI is InChI=1S/C28H25ClFN5O2/c29-20-7-9-21(10-8-20)33-27(37)35-12-2-5-25(35)26(36)34-24-14-18(6-11-23(24)30)22-15-28(22,32)19-4-1-3-17(13-19)16-31/h1,3-4,6-11,13-14,22,25H,2,5,12,15,32H2,(H,33,37)(H,34,36)/t22?,25-,28?/m1/s1. The molecule has 0 radical (unpaired) electrons. The lowest BCUT2D eigenvalue weighted by molar-refractivity contribution is -0.119. The van der Waals surface area contributed by atoms with E-state index in [1.165, 1.54) is 11.0 Å². The maximum Gasteiger partial charge on any atom is 0.322 e. The molecule has 1 saturated heterocycles. The summed E-state index contributed by atoms with van der Waals surface area (Å²) in [6, 6.07) is 19.4. The highest BCUT2D eigenvalue weighted by Crippen LogP contribution is 2.56. The summed E-state index contributed by atoms with van der Waals surface area (Å²) in [7, 11) is 0. The van der Waals surface area contributed by atoms with Gasteiger partial charge in [-0.2, -0.15) is 5.26 Å². The van der Waals surface area contributed by atoms with Crippen LogP contribution in [0.2, 0.25) is 5.02 Å². The molecule has 1 heterocycles. The summed E-state index contributed by atoms with van der Waals surface area (Å²) in [4.78, 5) is 27.4. The van der Waals surface area contributed by atoms with E-state index in [4.69, 9.17) is 17.3 Å². The molecule has 9 heteroatoms. The highest BCUT2D eigenvalue weighted by Gasteiger charge is 2.53. The molecule has 37 heavy (non-hydrogen) atoms. The van der Waals surface area contributed by atoms with Gasteiger partial charge in [0.15, 0.2) is 0 Å². The molecule has 2 fully saturated rings. The fraction of sp³-hybridized carbons (Fsp3) is 0.250. The third-order valence-corrected chi connectivity index (χ3v) is 7.35. The van der Waals surface area contributed by atoms with Crippen molar-refractivity contribution in [3.63, 3.8) is 0 Å². The Labute approximate surface area is 219 Å².